The normalized spacial score (nSPS) is 24.8. The number of ether oxygens (including phenoxy) is 1. The minimum atomic E-state index is -0.118. The first-order chi connectivity index (χ1) is 6.76. The summed E-state index contributed by atoms with van der Waals surface area (Å²) in [5, 5.41) is 0. The van der Waals surface area contributed by atoms with Crippen molar-refractivity contribution in [3.63, 3.8) is 0 Å². The molecule has 0 aromatic heterocycles. The van der Waals surface area contributed by atoms with E-state index in [0.29, 0.717) is 5.41 Å². The van der Waals surface area contributed by atoms with Gasteiger partial charge in [-0.05, 0) is 31.1 Å². The third-order valence-corrected chi connectivity index (χ3v) is 3.67. The monoisotopic (exact) mass is 194 g/mol. The highest BCUT2D eigenvalue weighted by atomic mass is 16.5. The smallest absolute Gasteiger partial charge is 0.333 e. The van der Waals surface area contributed by atoms with E-state index in [9.17, 15) is 4.79 Å². The number of hydrogen-bond acceptors (Lipinski definition) is 2. The lowest BCUT2D eigenvalue weighted by atomic mass is 9.74. The molecule has 2 rings (SSSR count). The van der Waals surface area contributed by atoms with Crippen LogP contribution < -0.4 is 0 Å². The summed E-state index contributed by atoms with van der Waals surface area (Å²) in [5.74, 6) is -0.118. The quantitative estimate of drug-likeness (QED) is 0.600. The molecule has 0 aromatic rings. The van der Waals surface area contributed by atoms with Gasteiger partial charge in [-0.15, -0.1) is 0 Å². The van der Waals surface area contributed by atoms with E-state index in [2.05, 4.69) is 6.08 Å². The lowest BCUT2D eigenvalue weighted by Gasteiger charge is -2.31. The Morgan fingerprint density at radius 3 is 2.64 bits per heavy atom. The summed E-state index contributed by atoms with van der Waals surface area (Å²) >= 11 is 0. The average molecular weight is 194 g/mol. The molecule has 1 fully saturated rings. The fourth-order valence-electron chi connectivity index (χ4n) is 2.84. The molecule has 0 aromatic carbocycles. The highest BCUT2D eigenvalue weighted by Gasteiger charge is 2.35. The number of hydrogen-bond donors (Lipinski definition) is 0. The van der Waals surface area contributed by atoms with Gasteiger partial charge in [0.15, 0.2) is 0 Å². The summed E-state index contributed by atoms with van der Waals surface area (Å²) in [4.78, 5) is 11.3. The van der Waals surface area contributed by atoms with Crippen LogP contribution in [0.25, 0.3) is 0 Å². The molecule has 78 valence electrons. The van der Waals surface area contributed by atoms with Crippen LogP contribution in [-0.4, -0.2) is 13.1 Å². The number of methoxy groups -OCH3 is 1. The second kappa shape index (κ2) is 3.76. The van der Waals surface area contributed by atoms with E-state index in [1.165, 1.54) is 39.2 Å². The number of carbonyl (C=O) groups excluding carboxylic acids is 1. The van der Waals surface area contributed by atoms with Crippen molar-refractivity contribution in [3.05, 3.63) is 11.6 Å². The van der Waals surface area contributed by atoms with Crippen molar-refractivity contribution in [2.24, 2.45) is 5.41 Å². The summed E-state index contributed by atoms with van der Waals surface area (Å²) in [5.41, 5.74) is 1.27. The van der Waals surface area contributed by atoms with Crippen molar-refractivity contribution in [1.29, 1.82) is 0 Å². The molecule has 1 saturated carbocycles. The molecule has 14 heavy (non-hydrogen) atoms. The molecular weight excluding hydrogens is 176 g/mol. The molecule has 2 aliphatic carbocycles. The van der Waals surface area contributed by atoms with E-state index < -0.39 is 0 Å². The predicted molar refractivity (Wildman–Crippen MR) is 54.9 cm³/mol. The topological polar surface area (TPSA) is 26.3 Å². The Labute approximate surface area is 85.3 Å². The van der Waals surface area contributed by atoms with Crippen molar-refractivity contribution in [3.8, 4) is 0 Å². The maximum atomic E-state index is 11.3. The summed E-state index contributed by atoms with van der Waals surface area (Å²) in [6.45, 7) is 0. The zero-order valence-electron chi connectivity index (χ0n) is 8.84. The Morgan fingerprint density at radius 2 is 2.00 bits per heavy atom. The highest BCUT2D eigenvalue weighted by molar-refractivity contribution is 5.89. The molecule has 0 heterocycles. The molecule has 0 amide bonds. The van der Waals surface area contributed by atoms with Gasteiger partial charge in [0.25, 0.3) is 0 Å². The first-order valence-corrected chi connectivity index (χ1v) is 5.56. The summed E-state index contributed by atoms with van der Waals surface area (Å²) in [7, 11) is 1.47. The minimum Gasteiger partial charge on any atom is -0.466 e. The maximum absolute atomic E-state index is 11.3. The molecule has 2 nitrogen and oxygen atoms in total. The van der Waals surface area contributed by atoms with E-state index in [0.717, 1.165) is 18.4 Å². The summed E-state index contributed by atoms with van der Waals surface area (Å²) in [6, 6.07) is 0. The van der Waals surface area contributed by atoms with Gasteiger partial charge in [-0.25, -0.2) is 4.79 Å². The Balaban J connectivity index is 2.09. The van der Waals surface area contributed by atoms with E-state index in [1.54, 1.807) is 0 Å². The third-order valence-electron chi connectivity index (χ3n) is 3.67. The van der Waals surface area contributed by atoms with Crippen molar-refractivity contribution >= 4 is 5.97 Å². The molecule has 0 saturated heterocycles. The molecule has 0 unspecified atom stereocenters. The van der Waals surface area contributed by atoms with Crippen LogP contribution in [0.3, 0.4) is 0 Å². The lowest BCUT2D eigenvalue weighted by Crippen LogP contribution is -2.18. The Kier molecular flexibility index (Phi) is 2.62. The van der Waals surface area contributed by atoms with Gasteiger partial charge in [0, 0.05) is 5.57 Å². The van der Waals surface area contributed by atoms with E-state index in [4.69, 9.17) is 4.74 Å². The molecule has 2 aliphatic rings. The van der Waals surface area contributed by atoms with Crippen molar-refractivity contribution in [2.75, 3.05) is 7.11 Å². The van der Waals surface area contributed by atoms with Gasteiger partial charge in [-0.3, -0.25) is 0 Å². The largest absolute Gasteiger partial charge is 0.466 e. The zero-order valence-corrected chi connectivity index (χ0v) is 8.84. The maximum Gasteiger partial charge on any atom is 0.333 e. The van der Waals surface area contributed by atoms with Gasteiger partial charge in [-0.2, -0.15) is 0 Å². The number of allylic oxidation sites excluding steroid dienone is 1. The van der Waals surface area contributed by atoms with Gasteiger partial charge >= 0.3 is 5.97 Å². The van der Waals surface area contributed by atoms with Crippen LogP contribution in [-0.2, 0) is 9.53 Å². The zero-order chi connectivity index (χ0) is 10.0. The van der Waals surface area contributed by atoms with E-state index >= 15 is 0 Å². The third kappa shape index (κ3) is 1.70. The standard InChI is InChI=1S/C12H18O2/c1-14-11(13)10-5-8-12(9-10)6-3-2-4-7-12/h9H,2-8H2,1H3. The fourth-order valence-corrected chi connectivity index (χ4v) is 2.84. The van der Waals surface area contributed by atoms with Gasteiger partial charge in [0.2, 0.25) is 0 Å². The van der Waals surface area contributed by atoms with Gasteiger partial charge in [0.05, 0.1) is 7.11 Å². The SMILES string of the molecule is COC(=O)C1=CC2(CCCCC2)CC1. The number of carbonyl (C=O) groups is 1. The van der Waals surface area contributed by atoms with Gasteiger partial charge in [0.1, 0.15) is 0 Å². The molecule has 2 heteroatoms. The Hall–Kier alpha value is -0.790. The van der Waals surface area contributed by atoms with E-state index in [1.807, 2.05) is 0 Å². The lowest BCUT2D eigenvalue weighted by molar-refractivity contribution is -0.136. The Morgan fingerprint density at radius 1 is 1.29 bits per heavy atom. The molecule has 0 N–H and O–H groups in total. The number of rotatable bonds is 1. The van der Waals surface area contributed by atoms with Crippen molar-refractivity contribution in [1.82, 2.24) is 0 Å². The molecular formula is C12H18O2. The number of esters is 1. The van der Waals surface area contributed by atoms with Crippen molar-refractivity contribution in [2.45, 2.75) is 44.9 Å². The second-order valence-corrected chi connectivity index (χ2v) is 4.58. The average Bonchev–Trinajstić information content (AvgIpc) is 2.62. The van der Waals surface area contributed by atoms with Crippen LogP contribution in [0.1, 0.15) is 44.9 Å². The first kappa shape index (κ1) is 9.75. The first-order valence-electron chi connectivity index (χ1n) is 5.56. The highest BCUT2D eigenvalue weighted by Crippen LogP contribution is 2.47. The predicted octanol–water partition coefficient (Wildman–Crippen LogP) is 2.83. The minimum absolute atomic E-state index is 0.118. The van der Waals surface area contributed by atoms with Crippen LogP contribution >= 0.6 is 0 Å². The fraction of sp³-hybridized carbons (Fsp3) is 0.750. The van der Waals surface area contributed by atoms with Crippen LogP contribution in [0.5, 0.6) is 0 Å². The second-order valence-electron chi connectivity index (χ2n) is 4.58. The summed E-state index contributed by atoms with van der Waals surface area (Å²) in [6.07, 6.45) is 10.8. The Bertz CT molecular complexity index is 259. The van der Waals surface area contributed by atoms with Crippen molar-refractivity contribution < 1.29 is 9.53 Å². The molecule has 0 bridgehead atoms. The van der Waals surface area contributed by atoms with Crippen LogP contribution in [0, 0.1) is 5.41 Å². The molecule has 1 spiro atoms. The molecule has 0 atom stereocenters. The van der Waals surface area contributed by atoms with Crippen LogP contribution in [0.4, 0.5) is 0 Å². The van der Waals surface area contributed by atoms with Crippen LogP contribution in [0.15, 0.2) is 11.6 Å². The van der Waals surface area contributed by atoms with Gasteiger partial charge in [-0.1, -0.05) is 25.3 Å². The van der Waals surface area contributed by atoms with Gasteiger partial charge < -0.3 is 4.74 Å². The molecule has 0 radical (unpaired) electrons. The van der Waals surface area contributed by atoms with Crippen LogP contribution in [0.2, 0.25) is 0 Å². The summed E-state index contributed by atoms with van der Waals surface area (Å²) < 4.78 is 4.76. The van der Waals surface area contributed by atoms with E-state index in [-0.39, 0.29) is 5.97 Å². The molecule has 0 aliphatic heterocycles.